The molecule has 27 heavy (non-hydrogen) atoms. The Kier molecular flexibility index (Phi) is 5.94. The molecule has 1 aromatic heterocycles. The summed E-state index contributed by atoms with van der Waals surface area (Å²) in [6, 6.07) is 16.6. The molecule has 4 nitrogen and oxygen atoms in total. The molecule has 0 radical (unpaired) electrons. The van der Waals surface area contributed by atoms with Crippen LogP contribution in [0.2, 0.25) is 0 Å². The summed E-state index contributed by atoms with van der Waals surface area (Å²) >= 11 is 0. The van der Waals surface area contributed by atoms with Gasteiger partial charge in [-0.05, 0) is 44.4 Å². The highest BCUT2D eigenvalue weighted by Crippen LogP contribution is 2.23. The van der Waals surface area contributed by atoms with E-state index in [1.165, 1.54) is 11.1 Å². The molecule has 2 aromatic carbocycles. The molecule has 0 saturated heterocycles. The van der Waals surface area contributed by atoms with Crippen LogP contribution in [0.4, 0.5) is 0 Å². The molecule has 0 aliphatic carbocycles. The number of carbonyl (C=O) groups is 1. The molecule has 0 aliphatic rings. The lowest BCUT2D eigenvalue weighted by Crippen LogP contribution is -2.33. The fraction of sp³-hybridized carbons (Fsp3) is 0.391. The summed E-state index contributed by atoms with van der Waals surface area (Å²) in [5.41, 5.74) is 4.53. The van der Waals surface area contributed by atoms with Crippen molar-refractivity contribution in [2.75, 3.05) is 0 Å². The highest BCUT2D eigenvalue weighted by Gasteiger charge is 2.21. The van der Waals surface area contributed by atoms with Crippen LogP contribution in [0.1, 0.15) is 56.6 Å². The van der Waals surface area contributed by atoms with Gasteiger partial charge in [0.25, 0.3) is 0 Å². The lowest BCUT2D eigenvalue weighted by molar-refractivity contribution is -0.125. The minimum atomic E-state index is -0.143. The largest absolute Gasteiger partial charge is 0.346 e. The molecule has 4 heteroatoms. The predicted molar refractivity (Wildman–Crippen MR) is 111 cm³/mol. The number of imidazole rings is 1. The average Bonchev–Trinajstić information content (AvgIpc) is 3.03. The molecule has 3 rings (SSSR count). The number of nitrogens with zero attached hydrogens (tertiary/aromatic N) is 2. The summed E-state index contributed by atoms with van der Waals surface area (Å²) < 4.78 is 2.22. The summed E-state index contributed by atoms with van der Waals surface area (Å²) in [5, 5.41) is 3.17. The maximum absolute atomic E-state index is 12.6. The van der Waals surface area contributed by atoms with Crippen molar-refractivity contribution in [1.29, 1.82) is 0 Å². The van der Waals surface area contributed by atoms with Crippen LogP contribution in [0, 0.1) is 12.8 Å². The third-order valence-corrected chi connectivity index (χ3v) is 5.25. The number of aromatic nitrogens is 2. The van der Waals surface area contributed by atoms with E-state index >= 15 is 0 Å². The van der Waals surface area contributed by atoms with E-state index in [2.05, 4.69) is 61.0 Å². The minimum absolute atomic E-state index is 0.0578. The zero-order valence-electron chi connectivity index (χ0n) is 16.7. The number of aryl methyl sites for hydroxylation is 1. The van der Waals surface area contributed by atoms with Gasteiger partial charge in [-0.3, -0.25) is 4.79 Å². The van der Waals surface area contributed by atoms with E-state index in [-0.39, 0.29) is 17.9 Å². The van der Waals surface area contributed by atoms with Crippen LogP contribution < -0.4 is 5.32 Å². The number of rotatable bonds is 7. The maximum atomic E-state index is 12.6. The Morgan fingerprint density at radius 1 is 1.07 bits per heavy atom. The predicted octanol–water partition coefficient (Wildman–Crippen LogP) is 5.01. The molecule has 1 unspecified atom stereocenters. The Morgan fingerprint density at radius 2 is 1.74 bits per heavy atom. The lowest BCUT2D eigenvalue weighted by atomic mass is 10.0. The number of para-hydroxylation sites is 2. The Bertz CT molecular complexity index is 907. The van der Waals surface area contributed by atoms with Crippen molar-refractivity contribution in [2.24, 2.45) is 5.92 Å². The van der Waals surface area contributed by atoms with Crippen molar-refractivity contribution in [3.63, 3.8) is 0 Å². The first-order valence-corrected chi connectivity index (χ1v) is 9.84. The van der Waals surface area contributed by atoms with Gasteiger partial charge in [0.1, 0.15) is 5.82 Å². The van der Waals surface area contributed by atoms with Gasteiger partial charge >= 0.3 is 0 Å². The van der Waals surface area contributed by atoms with Crippen molar-refractivity contribution >= 4 is 16.9 Å². The number of amides is 1. The van der Waals surface area contributed by atoms with E-state index in [1.807, 2.05) is 25.1 Å². The molecule has 3 aromatic rings. The molecule has 0 saturated carbocycles. The second-order valence-electron chi connectivity index (χ2n) is 7.27. The zero-order valence-corrected chi connectivity index (χ0v) is 16.7. The van der Waals surface area contributed by atoms with E-state index in [0.717, 1.165) is 36.2 Å². The lowest BCUT2D eigenvalue weighted by Gasteiger charge is -2.19. The molecule has 0 aliphatic heterocycles. The van der Waals surface area contributed by atoms with E-state index in [4.69, 9.17) is 4.98 Å². The van der Waals surface area contributed by atoms with Crippen LogP contribution >= 0.6 is 0 Å². The van der Waals surface area contributed by atoms with E-state index in [1.54, 1.807) is 0 Å². The monoisotopic (exact) mass is 363 g/mol. The van der Waals surface area contributed by atoms with Crippen LogP contribution in [0.15, 0.2) is 48.5 Å². The molecular weight excluding hydrogens is 334 g/mol. The van der Waals surface area contributed by atoms with Crippen LogP contribution in [0.3, 0.4) is 0 Å². The third-order valence-electron chi connectivity index (χ3n) is 5.25. The smallest absolute Gasteiger partial charge is 0.223 e. The number of hydrogen-bond acceptors (Lipinski definition) is 2. The van der Waals surface area contributed by atoms with Gasteiger partial charge in [-0.2, -0.15) is 0 Å². The number of nitrogens with one attached hydrogen (secondary N) is 1. The molecule has 142 valence electrons. The number of carbonyl (C=O) groups excluding carboxylic acids is 1. The van der Waals surface area contributed by atoms with Crippen LogP contribution in [0.5, 0.6) is 0 Å². The molecule has 1 amide bonds. The van der Waals surface area contributed by atoms with Gasteiger partial charge in [-0.25, -0.2) is 4.98 Å². The Morgan fingerprint density at radius 3 is 2.41 bits per heavy atom. The third kappa shape index (κ3) is 4.21. The maximum Gasteiger partial charge on any atom is 0.223 e. The van der Waals surface area contributed by atoms with Crippen LogP contribution in [-0.4, -0.2) is 15.5 Å². The summed E-state index contributed by atoms with van der Waals surface area (Å²) in [4.78, 5) is 17.4. The summed E-state index contributed by atoms with van der Waals surface area (Å²) in [6.07, 6.45) is 1.71. The highest BCUT2D eigenvalue weighted by atomic mass is 16.1. The van der Waals surface area contributed by atoms with Gasteiger partial charge in [0.15, 0.2) is 0 Å². The van der Waals surface area contributed by atoms with Gasteiger partial charge < -0.3 is 9.88 Å². The molecular formula is C23H29N3O. The molecule has 1 heterocycles. The van der Waals surface area contributed by atoms with E-state index < -0.39 is 0 Å². The van der Waals surface area contributed by atoms with E-state index in [0.29, 0.717) is 0 Å². The second kappa shape index (κ2) is 8.38. The number of hydrogen-bond donors (Lipinski definition) is 1. The first-order valence-electron chi connectivity index (χ1n) is 9.84. The van der Waals surface area contributed by atoms with Gasteiger partial charge in [0, 0.05) is 12.5 Å². The summed E-state index contributed by atoms with van der Waals surface area (Å²) in [5.74, 6) is 1.07. The topological polar surface area (TPSA) is 46.9 Å². The van der Waals surface area contributed by atoms with Gasteiger partial charge in [0.2, 0.25) is 5.91 Å². The zero-order chi connectivity index (χ0) is 19.4. The Labute approximate surface area is 161 Å². The molecule has 0 fully saturated rings. The Hall–Kier alpha value is -2.62. The van der Waals surface area contributed by atoms with Crippen LogP contribution in [-0.2, 0) is 11.3 Å². The fourth-order valence-electron chi connectivity index (χ4n) is 3.52. The van der Waals surface area contributed by atoms with Crippen molar-refractivity contribution in [3.05, 3.63) is 65.5 Å². The normalized spacial score (nSPS) is 12.5. The first kappa shape index (κ1) is 19.2. The Balaban J connectivity index is 1.94. The SMILES string of the molecule is CCC(CC)C(=O)NC(C)c1nc2ccccc2n1Cc1ccc(C)cc1. The molecule has 0 bridgehead atoms. The summed E-state index contributed by atoms with van der Waals surface area (Å²) in [6.45, 7) is 8.97. The minimum Gasteiger partial charge on any atom is -0.346 e. The molecule has 1 atom stereocenters. The molecule has 1 N–H and O–H groups in total. The number of benzene rings is 2. The van der Waals surface area contributed by atoms with Crippen molar-refractivity contribution < 1.29 is 4.79 Å². The fourth-order valence-corrected chi connectivity index (χ4v) is 3.52. The second-order valence-corrected chi connectivity index (χ2v) is 7.27. The van der Waals surface area contributed by atoms with Crippen LogP contribution in [0.25, 0.3) is 11.0 Å². The van der Waals surface area contributed by atoms with Crippen molar-refractivity contribution in [3.8, 4) is 0 Å². The number of fused-ring (bicyclic) bond motifs is 1. The van der Waals surface area contributed by atoms with Crippen molar-refractivity contribution in [1.82, 2.24) is 14.9 Å². The highest BCUT2D eigenvalue weighted by molar-refractivity contribution is 5.79. The van der Waals surface area contributed by atoms with Gasteiger partial charge in [-0.15, -0.1) is 0 Å². The molecule has 0 spiro atoms. The van der Waals surface area contributed by atoms with E-state index in [9.17, 15) is 4.79 Å². The first-order chi connectivity index (χ1) is 13.0. The standard InChI is InChI=1S/C23H29N3O/c1-5-19(6-2)23(27)24-17(4)22-25-20-9-7-8-10-21(20)26(22)15-18-13-11-16(3)12-14-18/h7-14,17,19H,5-6,15H2,1-4H3,(H,24,27). The average molecular weight is 364 g/mol. The van der Waals surface area contributed by atoms with Crippen molar-refractivity contribution in [2.45, 2.75) is 53.1 Å². The van der Waals surface area contributed by atoms with Gasteiger partial charge in [-0.1, -0.05) is 55.8 Å². The van der Waals surface area contributed by atoms with Gasteiger partial charge in [0.05, 0.1) is 17.1 Å². The summed E-state index contributed by atoms with van der Waals surface area (Å²) in [7, 11) is 0. The quantitative estimate of drug-likeness (QED) is 0.641.